The molecule has 3 N–H and O–H groups in total. The summed E-state index contributed by atoms with van der Waals surface area (Å²) in [7, 11) is 3.37. The predicted octanol–water partition coefficient (Wildman–Crippen LogP) is 1.21. The quantitative estimate of drug-likeness (QED) is 0.367. The molecule has 0 aromatic carbocycles. The third kappa shape index (κ3) is 3.46. The number of hydrogen-bond acceptors (Lipinski definition) is 6. The van der Waals surface area contributed by atoms with Crippen molar-refractivity contribution >= 4 is 27.7 Å². The van der Waals surface area contributed by atoms with Crippen molar-refractivity contribution in [2.75, 3.05) is 19.1 Å². The average molecular weight is 318 g/mol. The van der Waals surface area contributed by atoms with Gasteiger partial charge in [-0.15, -0.1) is 0 Å². The number of hydrogen-bond donors (Lipinski definition) is 2. The number of oxime groups is 1. The van der Waals surface area contributed by atoms with Crippen LogP contribution in [-0.4, -0.2) is 41.2 Å². The summed E-state index contributed by atoms with van der Waals surface area (Å²) >= 11 is 3.29. The molecule has 0 saturated carbocycles. The molecule has 0 aliphatic rings. The third-order valence-corrected chi connectivity index (χ3v) is 3.05. The van der Waals surface area contributed by atoms with Gasteiger partial charge in [-0.2, -0.15) is 4.98 Å². The molecule has 1 aromatic rings. The highest BCUT2D eigenvalue weighted by atomic mass is 79.9. The molecule has 0 amide bonds. The maximum absolute atomic E-state index is 8.54. The highest BCUT2D eigenvalue weighted by Gasteiger charge is 2.16. The van der Waals surface area contributed by atoms with Gasteiger partial charge in [-0.05, 0) is 22.9 Å². The first-order valence-electron chi connectivity index (χ1n) is 5.25. The zero-order valence-corrected chi connectivity index (χ0v) is 12.0. The summed E-state index contributed by atoms with van der Waals surface area (Å²) in [6, 6.07) is -0.00761. The van der Waals surface area contributed by atoms with E-state index in [4.69, 9.17) is 15.7 Å². The smallest absolute Gasteiger partial charge is 0.232 e. The fourth-order valence-corrected chi connectivity index (χ4v) is 1.69. The van der Waals surface area contributed by atoms with Crippen LogP contribution in [-0.2, 0) is 0 Å². The van der Waals surface area contributed by atoms with Crippen LogP contribution in [0.1, 0.15) is 13.3 Å². The fraction of sp³-hybridized carbons (Fsp3) is 0.500. The lowest BCUT2D eigenvalue weighted by molar-refractivity contribution is 0.316. The summed E-state index contributed by atoms with van der Waals surface area (Å²) < 4.78 is 5.79. The number of amidine groups is 1. The van der Waals surface area contributed by atoms with Crippen molar-refractivity contribution in [2.45, 2.75) is 19.4 Å². The van der Waals surface area contributed by atoms with E-state index in [1.165, 1.54) is 7.11 Å². The Morgan fingerprint density at radius 3 is 2.94 bits per heavy atom. The Morgan fingerprint density at radius 2 is 2.39 bits per heavy atom. The molecule has 1 atom stereocenters. The molecule has 18 heavy (non-hydrogen) atoms. The molecule has 7 nitrogen and oxygen atoms in total. The summed E-state index contributed by atoms with van der Waals surface area (Å²) in [5.74, 6) is 1.13. The van der Waals surface area contributed by atoms with E-state index in [0.29, 0.717) is 22.7 Å². The maximum atomic E-state index is 8.54. The number of ether oxygens (including phenoxy) is 1. The van der Waals surface area contributed by atoms with Crippen LogP contribution >= 0.6 is 15.9 Å². The topological polar surface area (TPSA) is 96.9 Å². The Bertz CT molecular complexity index is 440. The molecule has 8 heteroatoms. The SMILES string of the molecule is COc1nc(N(C)C(C)CC(N)=NO)ncc1Br. The van der Waals surface area contributed by atoms with E-state index in [2.05, 4.69) is 31.1 Å². The zero-order chi connectivity index (χ0) is 13.7. The number of aromatic nitrogens is 2. The second-order valence-electron chi connectivity index (χ2n) is 3.78. The minimum atomic E-state index is -0.00761. The first-order valence-corrected chi connectivity index (χ1v) is 6.04. The maximum Gasteiger partial charge on any atom is 0.232 e. The summed E-state index contributed by atoms with van der Waals surface area (Å²) in [5, 5.41) is 11.5. The summed E-state index contributed by atoms with van der Waals surface area (Å²) in [6.07, 6.45) is 2.03. The number of anilines is 1. The number of methoxy groups -OCH3 is 1. The zero-order valence-electron chi connectivity index (χ0n) is 10.5. The van der Waals surface area contributed by atoms with Crippen molar-refractivity contribution in [1.82, 2.24) is 9.97 Å². The Labute approximate surface area is 114 Å². The number of nitrogens with zero attached hydrogens (tertiary/aromatic N) is 4. The van der Waals surface area contributed by atoms with Gasteiger partial charge in [0.25, 0.3) is 0 Å². The lowest BCUT2D eigenvalue weighted by atomic mass is 10.2. The van der Waals surface area contributed by atoms with Gasteiger partial charge >= 0.3 is 0 Å². The van der Waals surface area contributed by atoms with Crippen molar-refractivity contribution in [3.8, 4) is 5.88 Å². The molecule has 1 heterocycles. The van der Waals surface area contributed by atoms with E-state index >= 15 is 0 Å². The Morgan fingerprint density at radius 1 is 1.72 bits per heavy atom. The van der Waals surface area contributed by atoms with Crippen LogP contribution in [0.15, 0.2) is 15.8 Å². The number of rotatable bonds is 5. The van der Waals surface area contributed by atoms with Crippen molar-refractivity contribution in [1.29, 1.82) is 0 Å². The Hall–Kier alpha value is -1.57. The average Bonchev–Trinajstić information content (AvgIpc) is 2.38. The highest BCUT2D eigenvalue weighted by molar-refractivity contribution is 9.10. The molecule has 100 valence electrons. The van der Waals surface area contributed by atoms with E-state index in [-0.39, 0.29) is 11.9 Å². The summed E-state index contributed by atoms with van der Waals surface area (Å²) in [6.45, 7) is 1.93. The van der Waals surface area contributed by atoms with Crippen molar-refractivity contribution in [3.63, 3.8) is 0 Å². The highest BCUT2D eigenvalue weighted by Crippen LogP contribution is 2.23. The standard InChI is InChI=1S/C10H16BrN5O2/c1-6(4-8(12)15-17)16(2)10-13-5-7(11)9(14-10)18-3/h5-6,17H,4H2,1-3H3,(H2,12,15). The van der Waals surface area contributed by atoms with Crippen molar-refractivity contribution in [3.05, 3.63) is 10.7 Å². The molecule has 0 aliphatic carbocycles. The lowest BCUT2D eigenvalue weighted by Gasteiger charge is -2.24. The summed E-state index contributed by atoms with van der Waals surface area (Å²) in [5.41, 5.74) is 5.47. The van der Waals surface area contributed by atoms with Crippen LogP contribution in [0.5, 0.6) is 5.88 Å². The number of halogens is 1. The first-order chi connectivity index (χ1) is 8.49. The van der Waals surface area contributed by atoms with E-state index in [1.807, 2.05) is 18.9 Å². The van der Waals surface area contributed by atoms with E-state index in [1.54, 1.807) is 6.20 Å². The molecule has 0 saturated heterocycles. The minimum absolute atomic E-state index is 0.00761. The van der Waals surface area contributed by atoms with Gasteiger partial charge in [0.1, 0.15) is 5.84 Å². The van der Waals surface area contributed by atoms with Crippen LogP contribution in [0.4, 0.5) is 5.95 Å². The van der Waals surface area contributed by atoms with E-state index < -0.39 is 0 Å². The van der Waals surface area contributed by atoms with Crippen LogP contribution in [0, 0.1) is 0 Å². The molecular formula is C10H16BrN5O2. The fourth-order valence-electron chi connectivity index (χ4n) is 1.33. The lowest BCUT2D eigenvalue weighted by Crippen LogP contribution is -2.34. The largest absolute Gasteiger partial charge is 0.480 e. The van der Waals surface area contributed by atoms with Crippen molar-refractivity contribution in [2.24, 2.45) is 10.9 Å². The van der Waals surface area contributed by atoms with E-state index in [0.717, 1.165) is 0 Å². The van der Waals surface area contributed by atoms with Gasteiger partial charge in [0.15, 0.2) is 0 Å². The second kappa shape index (κ2) is 6.39. The van der Waals surface area contributed by atoms with Crippen LogP contribution < -0.4 is 15.4 Å². The first kappa shape index (κ1) is 14.5. The second-order valence-corrected chi connectivity index (χ2v) is 4.64. The molecular weight excluding hydrogens is 302 g/mol. The van der Waals surface area contributed by atoms with Gasteiger partial charge in [-0.1, -0.05) is 5.16 Å². The van der Waals surface area contributed by atoms with Crippen LogP contribution in [0.3, 0.4) is 0 Å². The van der Waals surface area contributed by atoms with Gasteiger partial charge in [-0.25, -0.2) is 4.98 Å². The van der Waals surface area contributed by atoms with Crippen molar-refractivity contribution < 1.29 is 9.94 Å². The monoisotopic (exact) mass is 317 g/mol. The Balaban J connectivity index is 2.86. The Kier molecular flexibility index (Phi) is 5.14. The minimum Gasteiger partial charge on any atom is -0.480 e. The molecule has 0 aliphatic heterocycles. The van der Waals surface area contributed by atoms with Gasteiger partial charge in [-0.3, -0.25) is 0 Å². The molecule has 1 rings (SSSR count). The van der Waals surface area contributed by atoms with Crippen LogP contribution in [0.25, 0.3) is 0 Å². The van der Waals surface area contributed by atoms with Gasteiger partial charge in [0.05, 0.1) is 17.8 Å². The van der Waals surface area contributed by atoms with Crippen LogP contribution in [0.2, 0.25) is 0 Å². The molecule has 1 aromatic heterocycles. The molecule has 0 fully saturated rings. The number of nitrogens with two attached hydrogens (primary N) is 1. The van der Waals surface area contributed by atoms with E-state index in [9.17, 15) is 0 Å². The van der Waals surface area contributed by atoms with Gasteiger partial charge in [0, 0.05) is 19.5 Å². The molecule has 0 radical (unpaired) electrons. The third-order valence-electron chi connectivity index (χ3n) is 2.50. The summed E-state index contributed by atoms with van der Waals surface area (Å²) in [4.78, 5) is 10.3. The van der Waals surface area contributed by atoms with Gasteiger partial charge in [0.2, 0.25) is 11.8 Å². The predicted molar refractivity (Wildman–Crippen MR) is 72.2 cm³/mol. The molecule has 0 bridgehead atoms. The molecule has 1 unspecified atom stereocenters. The molecule has 0 spiro atoms. The van der Waals surface area contributed by atoms with Gasteiger partial charge < -0.3 is 20.6 Å². The normalized spacial score (nSPS) is 13.2.